The first-order valence-corrected chi connectivity index (χ1v) is 2.19. The van der Waals surface area contributed by atoms with Gasteiger partial charge in [-0.3, -0.25) is 0 Å². The van der Waals surface area contributed by atoms with Crippen LogP contribution in [-0.2, 0) is 23.1 Å². The molecule has 0 N–H and O–H groups in total. The summed E-state index contributed by atoms with van der Waals surface area (Å²) in [6.45, 7) is 0. The van der Waals surface area contributed by atoms with Gasteiger partial charge < -0.3 is 19.2 Å². The average molecular weight is 147 g/mol. The van der Waals surface area contributed by atoms with Gasteiger partial charge in [0.25, 0.3) is 0 Å². The van der Waals surface area contributed by atoms with Crippen molar-refractivity contribution in [2.45, 2.75) is 0 Å². The summed E-state index contributed by atoms with van der Waals surface area (Å²) in [7, 11) is -5.39. The molecular weight excluding hydrogens is 146 g/mol. The van der Waals surface area contributed by atoms with Crippen LogP contribution >= 0.6 is 7.82 Å². The Hall–Kier alpha value is 0.694. The first kappa shape index (κ1) is 9.85. The molecule has 0 heterocycles. The van der Waals surface area contributed by atoms with Crippen LogP contribution < -0.4 is 14.7 Å². The molecule has 0 saturated heterocycles. The molecule has 0 amide bonds. The molecule has 0 atom stereocenters. The summed E-state index contributed by atoms with van der Waals surface area (Å²) in [6, 6.07) is 0. The Morgan fingerprint density at radius 1 is 1.33 bits per heavy atom. The van der Waals surface area contributed by atoms with Crippen molar-refractivity contribution in [2.24, 2.45) is 0 Å². The van der Waals surface area contributed by atoms with Crippen LogP contribution in [0.15, 0.2) is 0 Å². The molecular formula is HO4PV-2. The maximum Gasteiger partial charge on any atom is 1.00 e. The molecule has 0 fully saturated rings. The van der Waals surface area contributed by atoms with E-state index in [4.69, 9.17) is 19.2 Å². The van der Waals surface area contributed by atoms with Crippen molar-refractivity contribution in [1.29, 1.82) is 0 Å². The fourth-order valence-corrected chi connectivity index (χ4v) is 0. The normalized spacial score (nSPS) is 9.83. The second-order valence-electron chi connectivity index (χ2n) is 0.447. The summed E-state index contributed by atoms with van der Waals surface area (Å²) < 4.78 is 8.55. The molecule has 0 unspecified atom stereocenters. The molecule has 0 aromatic rings. The van der Waals surface area contributed by atoms with E-state index in [2.05, 4.69) is 0 Å². The van der Waals surface area contributed by atoms with Crippen molar-refractivity contribution in [3.8, 4) is 0 Å². The third-order valence-corrected chi connectivity index (χ3v) is 0. The van der Waals surface area contributed by atoms with Crippen molar-refractivity contribution < 1.29 is 39.2 Å². The van der Waals surface area contributed by atoms with Crippen LogP contribution in [0.4, 0.5) is 0 Å². The first-order valence-electron chi connectivity index (χ1n) is 0.730. The second-order valence-corrected chi connectivity index (χ2v) is 1.34. The van der Waals surface area contributed by atoms with Crippen LogP contribution in [-0.4, -0.2) is 0 Å². The fraction of sp³-hybridized carbons (Fsp3) is 0. The van der Waals surface area contributed by atoms with Gasteiger partial charge in [0.05, 0.1) is 0 Å². The van der Waals surface area contributed by atoms with E-state index >= 15 is 0 Å². The minimum Gasteiger partial charge on any atom is -0.822 e. The van der Waals surface area contributed by atoms with Crippen LogP contribution in [0.2, 0.25) is 0 Å². The van der Waals surface area contributed by atoms with Crippen molar-refractivity contribution in [3.63, 3.8) is 0 Å². The van der Waals surface area contributed by atoms with Gasteiger partial charge in [0.1, 0.15) is 0 Å². The van der Waals surface area contributed by atoms with Gasteiger partial charge in [-0.25, -0.2) is 0 Å². The zero-order chi connectivity index (χ0) is 4.50. The predicted molar refractivity (Wildman–Crippen MR) is 8.72 cm³/mol. The van der Waals surface area contributed by atoms with Gasteiger partial charge in [-0.1, -0.05) is 0 Å². The predicted octanol–water partition coefficient (Wildman–Crippen LogP) is -2.71. The molecule has 37 valence electrons. The number of rotatable bonds is 0. The topological polar surface area (TPSA) is 86.2 Å². The fourth-order valence-electron chi connectivity index (χ4n) is 0. The average Bonchev–Trinajstić information content (AvgIpc) is 0.722. The standard InChI is InChI=1S/H3O4P.V/c1-5(2,3)4;/h(H3,1,2,3,4);/p-2. The van der Waals surface area contributed by atoms with E-state index in [1.165, 1.54) is 0 Å². The zero-order valence-electron chi connectivity index (χ0n) is 3.53. The van der Waals surface area contributed by atoms with E-state index in [9.17, 15) is 0 Å². The van der Waals surface area contributed by atoms with Crippen LogP contribution in [0, 0.1) is 0 Å². The number of phosphoric acid groups is 1. The van der Waals surface area contributed by atoms with Gasteiger partial charge in [0, 0.05) is 18.6 Å². The van der Waals surface area contributed by atoms with E-state index < -0.39 is 7.82 Å². The van der Waals surface area contributed by atoms with Crippen molar-refractivity contribution in [1.82, 2.24) is 0 Å². The maximum absolute atomic E-state index is 8.55. The molecule has 4 nitrogen and oxygen atoms in total. The van der Waals surface area contributed by atoms with Crippen LogP contribution in [0.3, 0.4) is 0 Å². The van der Waals surface area contributed by atoms with E-state index in [0.717, 1.165) is 0 Å². The SMILES string of the molecule is O=P([O-])([O-])[O-].[H+].[V]. The third-order valence-electron chi connectivity index (χ3n) is 0. The van der Waals surface area contributed by atoms with Crippen molar-refractivity contribution >= 4 is 7.82 Å². The molecule has 6 heteroatoms. The molecule has 0 aliphatic rings. The third kappa shape index (κ3) is 133. The minimum atomic E-state index is -5.39. The van der Waals surface area contributed by atoms with E-state index in [-0.39, 0.29) is 20.0 Å². The smallest absolute Gasteiger partial charge is 0.822 e. The summed E-state index contributed by atoms with van der Waals surface area (Å²) in [5, 5.41) is 0. The monoisotopic (exact) mass is 147 g/mol. The molecule has 1 radical (unpaired) electrons. The molecule has 0 saturated carbocycles. The Morgan fingerprint density at radius 3 is 1.33 bits per heavy atom. The van der Waals surface area contributed by atoms with Gasteiger partial charge in [0.2, 0.25) is 0 Å². The van der Waals surface area contributed by atoms with Crippen LogP contribution in [0.5, 0.6) is 0 Å². The van der Waals surface area contributed by atoms with E-state index in [0.29, 0.717) is 0 Å². The van der Waals surface area contributed by atoms with Crippen molar-refractivity contribution in [2.75, 3.05) is 0 Å². The Bertz CT molecular complexity index is 57.8. The largest absolute Gasteiger partial charge is 1.00 e. The number of hydrogen-bond acceptors (Lipinski definition) is 4. The molecule has 0 aromatic heterocycles. The zero-order valence-corrected chi connectivity index (χ0v) is 4.82. The summed E-state index contributed by atoms with van der Waals surface area (Å²) >= 11 is 0. The van der Waals surface area contributed by atoms with Gasteiger partial charge in [-0.2, -0.15) is 7.82 Å². The Kier molecular flexibility index (Phi) is 4.60. The van der Waals surface area contributed by atoms with Crippen molar-refractivity contribution in [3.05, 3.63) is 0 Å². The molecule has 0 aliphatic heterocycles. The molecule has 0 rings (SSSR count). The quantitative estimate of drug-likeness (QED) is 0.348. The Morgan fingerprint density at radius 2 is 1.33 bits per heavy atom. The molecule has 0 aromatic carbocycles. The maximum atomic E-state index is 8.55. The first-order chi connectivity index (χ1) is 2.00. The van der Waals surface area contributed by atoms with Gasteiger partial charge >= 0.3 is 1.43 Å². The van der Waals surface area contributed by atoms with Gasteiger partial charge in [-0.05, 0) is 0 Å². The minimum absolute atomic E-state index is 0. The van der Waals surface area contributed by atoms with Crippen LogP contribution in [0.1, 0.15) is 1.43 Å². The Balaban J connectivity index is -0.0000000800. The Labute approximate surface area is 47.8 Å². The van der Waals surface area contributed by atoms with E-state index in [1.807, 2.05) is 0 Å². The molecule has 6 heavy (non-hydrogen) atoms. The molecule has 0 spiro atoms. The van der Waals surface area contributed by atoms with Crippen LogP contribution in [0.25, 0.3) is 0 Å². The summed E-state index contributed by atoms with van der Waals surface area (Å²) in [5.74, 6) is 0. The van der Waals surface area contributed by atoms with Gasteiger partial charge in [-0.15, -0.1) is 0 Å². The van der Waals surface area contributed by atoms with Gasteiger partial charge in [0.15, 0.2) is 0 Å². The molecule has 0 bridgehead atoms. The summed E-state index contributed by atoms with van der Waals surface area (Å²) in [4.78, 5) is 25.6. The molecule has 0 aliphatic carbocycles. The number of hydrogen-bond donors (Lipinski definition) is 0. The van der Waals surface area contributed by atoms with E-state index in [1.54, 1.807) is 0 Å². The summed E-state index contributed by atoms with van der Waals surface area (Å²) in [5.41, 5.74) is 0. The summed E-state index contributed by atoms with van der Waals surface area (Å²) in [6.07, 6.45) is 0. The second kappa shape index (κ2) is 2.80.